The highest BCUT2D eigenvalue weighted by molar-refractivity contribution is 5.48. The molecule has 96 valence electrons. The van der Waals surface area contributed by atoms with Crippen LogP contribution in [0.2, 0.25) is 0 Å². The Kier molecular flexibility index (Phi) is 4.35. The van der Waals surface area contributed by atoms with Gasteiger partial charge in [-0.2, -0.15) is 5.26 Å². The standard InChI is InChI=1S/C15H15N3O/c1-2-19-15-5-3-4-13(9-15)18-11-12-6-7-17-14(8-12)10-16/h3-9,18H,2,11H2,1H3. The summed E-state index contributed by atoms with van der Waals surface area (Å²) in [6.45, 7) is 3.26. The zero-order valence-electron chi connectivity index (χ0n) is 10.8. The number of nitrogens with one attached hydrogen (secondary N) is 1. The Balaban J connectivity index is 2.01. The van der Waals surface area contributed by atoms with E-state index >= 15 is 0 Å². The van der Waals surface area contributed by atoms with E-state index in [1.807, 2.05) is 43.3 Å². The number of hydrogen-bond acceptors (Lipinski definition) is 4. The van der Waals surface area contributed by atoms with Gasteiger partial charge in [0.1, 0.15) is 17.5 Å². The lowest BCUT2D eigenvalue weighted by atomic mass is 10.2. The molecule has 0 spiro atoms. The highest BCUT2D eigenvalue weighted by Crippen LogP contribution is 2.18. The summed E-state index contributed by atoms with van der Waals surface area (Å²) >= 11 is 0. The van der Waals surface area contributed by atoms with Crippen LogP contribution in [-0.2, 0) is 6.54 Å². The molecule has 0 saturated heterocycles. The number of aromatic nitrogens is 1. The molecule has 1 aromatic heterocycles. The molecule has 0 amide bonds. The van der Waals surface area contributed by atoms with Gasteiger partial charge in [0.15, 0.2) is 0 Å². The molecule has 4 heteroatoms. The first-order chi connectivity index (χ1) is 9.31. The van der Waals surface area contributed by atoms with Gasteiger partial charge < -0.3 is 10.1 Å². The van der Waals surface area contributed by atoms with Crippen LogP contribution >= 0.6 is 0 Å². The molecular formula is C15H15N3O. The van der Waals surface area contributed by atoms with E-state index in [1.165, 1.54) is 0 Å². The molecule has 0 fully saturated rings. The summed E-state index contributed by atoms with van der Waals surface area (Å²) < 4.78 is 5.44. The Bertz CT molecular complexity index is 590. The normalized spacial score (nSPS) is 9.68. The second-order valence-electron chi connectivity index (χ2n) is 3.98. The minimum atomic E-state index is 0.433. The Hall–Kier alpha value is -2.54. The van der Waals surface area contributed by atoms with E-state index < -0.39 is 0 Å². The maximum atomic E-state index is 8.79. The third-order valence-electron chi connectivity index (χ3n) is 2.58. The number of hydrogen-bond donors (Lipinski definition) is 1. The van der Waals surface area contributed by atoms with E-state index in [0.717, 1.165) is 17.0 Å². The fourth-order valence-electron chi connectivity index (χ4n) is 1.71. The minimum absolute atomic E-state index is 0.433. The molecule has 4 nitrogen and oxygen atoms in total. The van der Waals surface area contributed by atoms with Crippen LogP contribution in [0, 0.1) is 11.3 Å². The first-order valence-corrected chi connectivity index (χ1v) is 6.13. The van der Waals surface area contributed by atoms with Gasteiger partial charge in [-0.15, -0.1) is 0 Å². The van der Waals surface area contributed by atoms with Crippen molar-refractivity contribution in [2.45, 2.75) is 13.5 Å². The van der Waals surface area contributed by atoms with Crippen molar-refractivity contribution < 1.29 is 4.74 Å². The summed E-state index contributed by atoms with van der Waals surface area (Å²) in [6, 6.07) is 13.5. The maximum absolute atomic E-state index is 8.79. The van der Waals surface area contributed by atoms with Gasteiger partial charge in [-0.05, 0) is 36.8 Å². The van der Waals surface area contributed by atoms with Gasteiger partial charge in [0.25, 0.3) is 0 Å². The molecular weight excluding hydrogens is 238 g/mol. The predicted octanol–water partition coefficient (Wildman–Crippen LogP) is 2.96. The SMILES string of the molecule is CCOc1cccc(NCc2ccnc(C#N)c2)c1. The lowest BCUT2D eigenvalue weighted by molar-refractivity contribution is 0.340. The molecule has 0 aliphatic carbocycles. The molecule has 0 aliphatic heterocycles. The molecule has 0 radical (unpaired) electrons. The number of anilines is 1. The molecule has 1 aromatic carbocycles. The van der Waals surface area contributed by atoms with Gasteiger partial charge in [-0.1, -0.05) is 6.07 Å². The zero-order valence-corrected chi connectivity index (χ0v) is 10.8. The second kappa shape index (κ2) is 6.41. The molecule has 2 rings (SSSR count). The fourth-order valence-corrected chi connectivity index (χ4v) is 1.71. The van der Waals surface area contributed by atoms with E-state index in [0.29, 0.717) is 18.8 Å². The number of pyridine rings is 1. The highest BCUT2D eigenvalue weighted by atomic mass is 16.5. The van der Waals surface area contributed by atoms with Crippen molar-refractivity contribution in [3.63, 3.8) is 0 Å². The number of nitriles is 1. The van der Waals surface area contributed by atoms with Gasteiger partial charge in [0, 0.05) is 24.5 Å². The van der Waals surface area contributed by atoms with Gasteiger partial charge >= 0.3 is 0 Å². The van der Waals surface area contributed by atoms with Crippen molar-refractivity contribution in [3.8, 4) is 11.8 Å². The Labute approximate surface area is 112 Å². The molecule has 1 heterocycles. The van der Waals surface area contributed by atoms with E-state index in [9.17, 15) is 0 Å². The molecule has 0 saturated carbocycles. The van der Waals surface area contributed by atoms with Crippen molar-refractivity contribution in [3.05, 3.63) is 53.9 Å². The molecule has 0 aliphatic rings. The van der Waals surface area contributed by atoms with E-state index in [-0.39, 0.29) is 0 Å². The highest BCUT2D eigenvalue weighted by Gasteiger charge is 1.98. The minimum Gasteiger partial charge on any atom is -0.494 e. The van der Waals surface area contributed by atoms with Crippen molar-refractivity contribution in [1.29, 1.82) is 5.26 Å². The first-order valence-electron chi connectivity index (χ1n) is 6.13. The van der Waals surface area contributed by atoms with Gasteiger partial charge in [-0.25, -0.2) is 4.98 Å². The molecule has 19 heavy (non-hydrogen) atoms. The molecule has 0 unspecified atom stereocenters. The van der Waals surface area contributed by atoms with Crippen molar-refractivity contribution >= 4 is 5.69 Å². The Morgan fingerprint density at radius 2 is 2.21 bits per heavy atom. The predicted molar refractivity (Wildman–Crippen MR) is 73.9 cm³/mol. The van der Waals surface area contributed by atoms with Crippen LogP contribution in [0.1, 0.15) is 18.2 Å². The lowest BCUT2D eigenvalue weighted by Gasteiger charge is -2.09. The fraction of sp³-hybridized carbons (Fsp3) is 0.200. The monoisotopic (exact) mass is 253 g/mol. The molecule has 0 bridgehead atoms. The van der Waals surface area contributed by atoms with Crippen LogP contribution in [0.25, 0.3) is 0 Å². The Morgan fingerprint density at radius 3 is 3.00 bits per heavy atom. The topological polar surface area (TPSA) is 57.9 Å². The first kappa shape index (κ1) is 12.9. The van der Waals surface area contributed by atoms with Gasteiger partial charge in [0.05, 0.1) is 6.61 Å². The molecule has 0 atom stereocenters. The lowest BCUT2D eigenvalue weighted by Crippen LogP contribution is -2.01. The average molecular weight is 253 g/mol. The van der Waals surface area contributed by atoms with Crippen LogP contribution < -0.4 is 10.1 Å². The smallest absolute Gasteiger partial charge is 0.140 e. The van der Waals surface area contributed by atoms with Gasteiger partial charge in [0.2, 0.25) is 0 Å². The summed E-state index contributed by atoms with van der Waals surface area (Å²) in [7, 11) is 0. The quantitative estimate of drug-likeness (QED) is 0.890. The van der Waals surface area contributed by atoms with Gasteiger partial charge in [-0.3, -0.25) is 0 Å². The number of ether oxygens (including phenoxy) is 1. The van der Waals surface area contributed by atoms with Crippen LogP contribution in [0.3, 0.4) is 0 Å². The van der Waals surface area contributed by atoms with Crippen LogP contribution in [0.4, 0.5) is 5.69 Å². The van der Waals surface area contributed by atoms with Crippen LogP contribution in [0.5, 0.6) is 5.75 Å². The molecule has 2 aromatic rings. The number of nitrogens with zero attached hydrogens (tertiary/aromatic N) is 2. The van der Waals surface area contributed by atoms with E-state index in [4.69, 9.17) is 10.00 Å². The summed E-state index contributed by atoms with van der Waals surface area (Å²) in [4.78, 5) is 3.94. The largest absolute Gasteiger partial charge is 0.494 e. The number of rotatable bonds is 5. The third-order valence-corrected chi connectivity index (χ3v) is 2.58. The van der Waals surface area contributed by atoms with Crippen LogP contribution in [-0.4, -0.2) is 11.6 Å². The summed E-state index contributed by atoms with van der Waals surface area (Å²) in [6.07, 6.45) is 1.65. The maximum Gasteiger partial charge on any atom is 0.140 e. The van der Waals surface area contributed by atoms with Crippen LogP contribution in [0.15, 0.2) is 42.6 Å². The van der Waals surface area contributed by atoms with Crippen molar-refractivity contribution in [2.75, 3.05) is 11.9 Å². The second-order valence-corrected chi connectivity index (χ2v) is 3.98. The molecule has 1 N–H and O–H groups in total. The third kappa shape index (κ3) is 3.71. The average Bonchev–Trinajstić information content (AvgIpc) is 2.46. The summed E-state index contributed by atoms with van der Waals surface area (Å²) in [5, 5.41) is 12.1. The Morgan fingerprint density at radius 1 is 1.32 bits per heavy atom. The van der Waals surface area contributed by atoms with Crippen molar-refractivity contribution in [2.24, 2.45) is 0 Å². The van der Waals surface area contributed by atoms with E-state index in [2.05, 4.69) is 10.3 Å². The zero-order chi connectivity index (χ0) is 13.5. The summed E-state index contributed by atoms with van der Waals surface area (Å²) in [5.74, 6) is 0.847. The van der Waals surface area contributed by atoms with Crippen molar-refractivity contribution in [1.82, 2.24) is 4.98 Å². The van der Waals surface area contributed by atoms with E-state index in [1.54, 1.807) is 12.3 Å². The summed E-state index contributed by atoms with van der Waals surface area (Å²) in [5.41, 5.74) is 2.44. The number of benzene rings is 1.